The Morgan fingerprint density at radius 2 is 1.84 bits per heavy atom. The third-order valence-corrected chi connectivity index (χ3v) is 7.91. The minimum absolute atomic E-state index is 0.190. The standard InChI is InChI=1S/C22H29ClN2/c1-15-9-12-25(13-10-15)20-8-11-22(24-20)18-5-2-17(14-18)21(22)16-3-6-19(23)7-4-16/h3-4,6-7,15,17-18,21H,2,5,8-14H2,1H3. The molecule has 134 valence electrons. The van der Waals surface area contributed by atoms with E-state index in [4.69, 9.17) is 16.6 Å². The van der Waals surface area contributed by atoms with Crippen LogP contribution in [-0.2, 0) is 0 Å². The summed E-state index contributed by atoms with van der Waals surface area (Å²) in [6, 6.07) is 8.68. The number of halogens is 1. The summed E-state index contributed by atoms with van der Waals surface area (Å²) in [7, 11) is 0. The van der Waals surface area contributed by atoms with Gasteiger partial charge < -0.3 is 4.90 Å². The normalized spacial score (nSPS) is 37.9. The highest BCUT2D eigenvalue weighted by molar-refractivity contribution is 6.30. The summed E-state index contributed by atoms with van der Waals surface area (Å²) in [5.41, 5.74) is 1.67. The number of likely N-dealkylation sites (tertiary alicyclic amines) is 1. The van der Waals surface area contributed by atoms with Crippen molar-refractivity contribution in [3.63, 3.8) is 0 Å². The molecule has 2 heterocycles. The lowest BCUT2D eigenvalue weighted by molar-refractivity contribution is 0.234. The van der Waals surface area contributed by atoms with Gasteiger partial charge in [-0.25, -0.2) is 0 Å². The van der Waals surface area contributed by atoms with Crippen LogP contribution in [0.15, 0.2) is 29.3 Å². The molecule has 2 aliphatic carbocycles. The van der Waals surface area contributed by atoms with Crippen LogP contribution in [0.4, 0.5) is 0 Å². The van der Waals surface area contributed by atoms with Crippen molar-refractivity contribution in [3.8, 4) is 0 Å². The van der Waals surface area contributed by atoms with E-state index in [9.17, 15) is 0 Å². The molecule has 0 N–H and O–H groups in total. The minimum atomic E-state index is 0.190. The highest BCUT2D eigenvalue weighted by Gasteiger charge is 2.60. The lowest BCUT2D eigenvalue weighted by Gasteiger charge is -2.39. The van der Waals surface area contributed by atoms with Gasteiger partial charge in [-0.2, -0.15) is 0 Å². The Labute approximate surface area is 156 Å². The van der Waals surface area contributed by atoms with Gasteiger partial charge in [0.2, 0.25) is 0 Å². The Morgan fingerprint density at radius 1 is 1.08 bits per heavy atom. The second-order valence-electron chi connectivity index (χ2n) is 8.99. The molecule has 2 aliphatic heterocycles. The van der Waals surface area contributed by atoms with Crippen molar-refractivity contribution in [2.75, 3.05) is 13.1 Å². The molecule has 2 saturated carbocycles. The van der Waals surface area contributed by atoms with E-state index < -0.39 is 0 Å². The molecule has 1 spiro atoms. The minimum Gasteiger partial charge on any atom is -0.360 e. The molecule has 4 aliphatic rings. The number of hydrogen-bond acceptors (Lipinski definition) is 2. The monoisotopic (exact) mass is 356 g/mol. The number of piperidine rings is 1. The lowest BCUT2D eigenvalue weighted by atomic mass is 9.69. The Morgan fingerprint density at radius 3 is 2.60 bits per heavy atom. The molecule has 1 aromatic rings. The van der Waals surface area contributed by atoms with E-state index in [1.165, 1.54) is 69.4 Å². The quantitative estimate of drug-likeness (QED) is 0.647. The number of fused-ring (bicyclic) bond motifs is 3. The van der Waals surface area contributed by atoms with Crippen molar-refractivity contribution < 1.29 is 0 Å². The van der Waals surface area contributed by atoms with Crippen LogP contribution in [0.25, 0.3) is 0 Å². The number of aliphatic imine (C=N–C) groups is 1. The Bertz CT molecular complexity index is 674. The first-order valence-corrected chi connectivity index (χ1v) is 10.6. The first kappa shape index (κ1) is 16.2. The van der Waals surface area contributed by atoms with E-state index in [0.717, 1.165) is 22.8 Å². The summed E-state index contributed by atoms with van der Waals surface area (Å²) < 4.78 is 0. The van der Waals surface area contributed by atoms with Gasteiger partial charge in [0, 0.05) is 30.5 Å². The Balaban J connectivity index is 1.47. The van der Waals surface area contributed by atoms with Crippen molar-refractivity contribution in [2.45, 2.75) is 63.3 Å². The van der Waals surface area contributed by atoms with Gasteiger partial charge in [-0.15, -0.1) is 0 Å². The van der Waals surface area contributed by atoms with Gasteiger partial charge in [0.1, 0.15) is 0 Å². The van der Waals surface area contributed by atoms with Gasteiger partial charge >= 0.3 is 0 Å². The van der Waals surface area contributed by atoms with Crippen molar-refractivity contribution >= 4 is 17.4 Å². The zero-order valence-corrected chi connectivity index (χ0v) is 16.0. The van der Waals surface area contributed by atoms with Gasteiger partial charge in [0.25, 0.3) is 0 Å². The van der Waals surface area contributed by atoms with Crippen LogP contribution in [0.5, 0.6) is 0 Å². The topological polar surface area (TPSA) is 15.6 Å². The maximum atomic E-state index is 6.15. The Hall–Kier alpha value is -1.02. The van der Waals surface area contributed by atoms with Crippen LogP contribution in [0.2, 0.25) is 5.02 Å². The van der Waals surface area contributed by atoms with E-state index in [2.05, 4.69) is 36.1 Å². The zero-order valence-electron chi connectivity index (χ0n) is 15.3. The van der Waals surface area contributed by atoms with Gasteiger partial charge in [-0.3, -0.25) is 4.99 Å². The molecule has 0 aromatic heterocycles. The second kappa shape index (κ2) is 6.01. The van der Waals surface area contributed by atoms with Crippen molar-refractivity contribution in [3.05, 3.63) is 34.9 Å². The second-order valence-corrected chi connectivity index (χ2v) is 9.42. The maximum absolute atomic E-state index is 6.15. The van der Waals surface area contributed by atoms with Crippen LogP contribution in [-0.4, -0.2) is 29.4 Å². The summed E-state index contributed by atoms with van der Waals surface area (Å²) in [5.74, 6) is 4.56. The zero-order chi connectivity index (χ0) is 17.0. The van der Waals surface area contributed by atoms with Crippen LogP contribution >= 0.6 is 11.6 Å². The number of rotatable bonds is 1. The Kier molecular flexibility index (Phi) is 3.89. The van der Waals surface area contributed by atoms with Gasteiger partial charge in [0.15, 0.2) is 0 Å². The van der Waals surface area contributed by atoms with E-state index >= 15 is 0 Å². The average Bonchev–Trinajstić information content (AvgIpc) is 3.32. The van der Waals surface area contributed by atoms with Gasteiger partial charge in [-0.1, -0.05) is 30.7 Å². The smallest absolute Gasteiger partial charge is 0.0997 e. The molecule has 3 fully saturated rings. The molecule has 4 atom stereocenters. The molecular formula is C22H29ClN2. The lowest BCUT2D eigenvalue weighted by Crippen LogP contribution is -2.39. The van der Waals surface area contributed by atoms with E-state index in [1.54, 1.807) is 0 Å². The highest BCUT2D eigenvalue weighted by atomic mass is 35.5. The molecule has 1 aromatic carbocycles. The molecule has 0 amide bonds. The molecule has 0 radical (unpaired) electrons. The average molecular weight is 357 g/mol. The van der Waals surface area contributed by atoms with Crippen LogP contribution in [0.1, 0.15) is 63.4 Å². The molecular weight excluding hydrogens is 328 g/mol. The largest absolute Gasteiger partial charge is 0.360 e. The van der Waals surface area contributed by atoms with E-state index in [0.29, 0.717) is 5.92 Å². The third kappa shape index (κ3) is 2.55. The van der Waals surface area contributed by atoms with Gasteiger partial charge in [-0.05, 0) is 74.0 Å². The summed E-state index contributed by atoms with van der Waals surface area (Å²) in [5, 5.41) is 0.846. The predicted octanol–water partition coefficient (Wildman–Crippen LogP) is 5.52. The van der Waals surface area contributed by atoms with Crippen molar-refractivity contribution in [2.24, 2.45) is 22.7 Å². The number of hydrogen-bond donors (Lipinski definition) is 0. The summed E-state index contributed by atoms with van der Waals surface area (Å²) >= 11 is 6.15. The molecule has 4 unspecified atom stereocenters. The first-order chi connectivity index (χ1) is 12.2. The third-order valence-electron chi connectivity index (χ3n) is 7.65. The predicted molar refractivity (Wildman–Crippen MR) is 104 cm³/mol. The van der Waals surface area contributed by atoms with Crippen LogP contribution < -0.4 is 0 Å². The summed E-state index contributed by atoms with van der Waals surface area (Å²) in [6.07, 6.45) is 9.30. The maximum Gasteiger partial charge on any atom is 0.0997 e. The van der Waals surface area contributed by atoms with Crippen molar-refractivity contribution in [1.29, 1.82) is 0 Å². The highest BCUT2D eigenvalue weighted by Crippen LogP contribution is 2.63. The summed E-state index contributed by atoms with van der Waals surface area (Å²) in [6.45, 7) is 4.83. The molecule has 3 heteroatoms. The number of amidine groups is 1. The van der Waals surface area contributed by atoms with Crippen molar-refractivity contribution in [1.82, 2.24) is 4.90 Å². The fraction of sp³-hybridized carbons (Fsp3) is 0.682. The molecule has 25 heavy (non-hydrogen) atoms. The molecule has 5 rings (SSSR count). The fourth-order valence-corrected chi connectivity index (χ4v) is 6.47. The van der Waals surface area contributed by atoms with E-state index in [-0.39, 0.29) is 5.54 Å². The molecule has 1 saturated heterocycles. The van der Waals surface area contributed by atoms with Crippen LogP contribution in [0.3, 0.4) is 0 Å². The first-order valence-electron chi connectivity index (χ1n) is 10.2. The SMILES string of the molecule is CC1CCN(C2=NC3(CC2)C2CCC(C2)C3c2ccc(Cl)cc2)CC1. The number of nitrogens with zero attached hydrogens (tertiary/aromatic N) is 2. The van der Waals surface area contributed by atoms with Crippen LogP contribution in [0, 0.1) is 17.8 Å². The fourth-order valence-electron chi connectivity index (χ4n) is 6.35. The summed E-state index contributed by atoms with van der Waals surface area (Å²) in [4.78, 5) is 8.15. The molecule has 2 nitrogen and oxygen atoms in total. The number of benzene rings is 1. The molecule has 2 bridgehead atoms. The van der Waals surface area contributed by atoms with E-state index in [1.807, 2.05) is 0 Å². The van der Waals surface area contributed by atoms with Gasteiger partial charge in [0.05, 0.1) is 11.4 Å².